The number of hydrogen-bond acceptors (Lipinski definition) is 3. The Morgan fingerprint density at radius 3 is 2.42 bits per heavy atom. The first-order chi connectivity index (χ1) is 11.5. The van der Waals surface area contributed by atoms with E-state index in [0.717, 1.165) is 31.1 Å². The van der Waals surface area contributed by atoms with E-state index in [1.165, 1.54) is 25.1 Å². The van der Waals surface area contributed by atoms with E-state index < -0.39 is 0 Å². The van der Waals surface area contributed by atoms with E-state index in [4.69, 9.17) is 0 Å². The van der Waals surface area contributed by atoms with Crippen molar-refractivity contribution in [2.24, 2.45) is 5.92 Å². The third-order valence-electron chi connectivity index (χ3n) is 4.72. The summed E-state index contributed by atoms with van der Waals surface area (Å²) in [5.74, 6) is 0.807. The zero-order valence-corrected chi connectivity index (χ0v) is 15.5. The van der Waals surface area contributed by atoms with E-state index in [1.807, 2.05) is 19.1 Å². The van der Waals surface area contributed by atoms with Crippen LogP contribution in [0.4, 0.5) is 16.2 Å². The van der Waals surface area contributed by atoms with Crippen molar-refractivity contribution < 1.29 is 4.79 Å². The molecule has 2 N–H and O–H groups in total. The minimum Gasteiger partial charge on any atom is -0.372 e. The molecule has 1 aromatic rings. The topological polar surface area (TPSA) is 47.6 Å². The molecule has 1 saturated heterocycles. The Kier molecular flexibility index (Phi) is 6.91. The van der Waals surface area contributed by atoms with Gasteiger partial charge in [0.1, 0.15) is 0 Å². The molecule has 1 aromatic carbocycles. The Morgan fingerprint density at radius 2 is 1.88 bits per heavy atom. The molecule has 5 nitrogen and oxygen atoms in total. The monoisotopic (exact) mass is 332 g/mol. The maximum atomic E-state index is 11.9. The Labute approximate surface area is 146 Å². The highest BCUT2D eigenvalue weighted by Gasteiger charge is 2.19. The third kappa shape index (κ3) is 5.71. The van der Waals surface area contributed by atoms with Crippen molar-refractivity contribution >= 4 is 17.4 Å². The summed E-state index contributed by atoms with van der Waals surface area (Å²) in [5, 5.41) is 5.80. The highest BCUT2D eigenvalue weighted by atomic mass is 16.2. The van der Waals surface area contributed by atoms with Gasteiger partial charge in [-0.2, -0.15) is 0 Å². The fourth-order valence-corrected chi connectivity index (χ4v) is 3.14. The molecule has 0 aromatic heterocycles. The van der Waals surface area contributed by atoms with Crippen LogP contribution in [0.1, 0.15) is 33.1 Å². The molecule has 0 aliphatic carbocycles. The summed E-state index contributed by atoms with van der Waals surface area (Å²) >= 11 is 0. The van der Waals surface area contributed by atoms with Crippen LogP contribution < -0.4 is 15.5 Å². The van der Waals surface area contributed by atoms with E-state index >= 15 is 0 Å². The summed E-state index contributed by atoms with van der Waals surface area (Å²) < 4.78 is 0. The fourth-order valence-electron chi connectivity index (χ4n) is 3.14. The number of hydrogen-bond donors (Lipinski definition) is 2. The predicted octanol–water partition coefficient (Wildman–Crippen LogP) is 3.38. The van der Waals surface area contributed by atoms with Gasteiger partial charge in [0.2, 0.25) is 0 Å². The van der Waals surface area contributed by atoms with Crippen molar-refractivity contribution in [3.05, 3.63) is 24.3 Å². The molecule has 24 heavy (non-hydrogen) atoms. The van der Waals surface area contributed by atoms with Crippen molar-refractivity contribution in [2.45, 2.75) is 39.2 Å². The molecule has 1 aliphatic rings. The minimum absolute atomic E-state index is 0.137. The molecule has 1 atom stereocenters. The van der Waals surface area contributed by atoms with Gasteiger partial charge in [0, 0.05) is 37.1 Å². The van der Waals surface area contributed by atoms with Gasteiger partial charge in [0.15, 0.2) is 0 Å². The molecule has 5 heteroatoms. The smallest absolute Gasteiger partial charge is 0.319 e. The average molecular weight is 332 g/mol. The number of carbonyl (C=O) groups excluding carboxylic acids is 1. The second kappa shape index (κ2) is 8.92. The number of amides is 2. The zero-order valence-electron chi connectivity index (χ0n) is 15.5. The van der Waals surface area contributed by atoms with Gasteiger partial charge in [-0.25, -0.2) is 4.79 Å². The third-order valence-corrected chi connectivity index (χ3v) is 4.72. The van der Waals surface area contributed by atoms with Crippen molar-refractivity contribution in [3.8, 4) is 0 Å². The van der Waals surface area contributed by atoms with Crippen LogP contribution in [0.5, 0.6) is 0 Å². The summed E-state index contributed by atoms with van der Waals surface area (Å²) in [6, 6.07) is 8.22. The van der Waals surface area contributed by atoms with Gasteiger partial charge in [-0.3, -0.25) is 0 Å². The highest BCUT2D eigenvalue weighted by Crippen LogP contribution is 2.24. The minimum atomic E-state index is -0.137. The molecule has 1 aliphatic heterocycles. The first-order valence-corrected chi connectivity index (χ1v) is 9.05. The van der Waals surface area contributed by atoms with Gasteiger partial charge >= 0.3 is 6.03 Å². The van der Waals surface area contributed by atoms with E-state index in [9.17, 15) is 4.79 Å². The molecule has 2 rings (SSSR count). The molecule has 134 valence electrons. The lowest BCUT2D eigenvalue weighted by Gasteiger charge is -2.34. The molecule has 0 radical (unpaired) electrons. The predicted molar refractivity (Wildman–Crippen MR) is 102 cm³/mol. The fraction of sp³-hybridized carbons (Fsp3) is 0.632. The summed E-state index contributed by atoms with van der Waals surface area (Å²) in [7, 11) is 4.30. The van der Waals surface area contributed by atoms with Crippen molar-refractivity contribution in [2.75, 3.05) is 43.9 Å². The van der Waals surface area contributed by atoms with Crippen LogP contribution in [0.3, 0.4) is 0 Å². The maximum Gasteiger partial charge on any atom is 0.319 e. The number of urea groups is 1. The van der Waals surface area contributed by atoms with Crippen LogP contribution in [0.15, 0.2) is 24.3 Å². The molecule has 1 heterocycles. The van der Waals surface area contributed by atoms with Gasteiger partial charge in [0.05, 0.1) is 0 Å². The molecule has 0 saturated carbocycles. The molecule has 0 bridgehead atoms. The molecule has 0 spiro atoms. The first kappa shape index (κ1) is 18.6. The van der Waals surface area contributed by atoms with Crippen LogP contribution in [0, 0.1) is 5.92 Å². The average Bonchev–Trinajstić information content (AvgIpc) is 2.55. The summed E-state index contributed by atoms with van der Waals surface area (Å²) in [6.45, 7) is 7.46. The van der Waals surface area contributed by atoms with E-state index in [0.29, 0.717) is 0 Å². The maximum absolute atomic E-state index is 11.9. The number of rotatable bonds is 6. The van der Waals surface area contributed by atoms with Crippen LogP contribution in [0.2, 0.25) is 0 Å². The second-order valence-electron chi connectivity index (χ2n) is 7.15. The van der Waals surface area contributed by atoms with Crippen LogP contribution >= 0.6 is 0 Å². The Bertz CT molecular complexity index is 507. The van der Waals surface area contributed by atoms with Gasteiger partial charge in [-0.15, -0.1) is 0 Å². The number of piperidine rings is 1. The number of benzene rings is 1. The summed E-state index contributed by atoms with van der Waals surface area (Å²) in [5.41, 5.74) is 2.08. The zero-order chi connectivity index (χ0) is 17.5. The van der Waals surface area contributed by atoms with Gasteiger partial charge < -0.3 is 20.4 Å². The quantitative estimate of drug-likeness (QED) is 0.839. The van der Waals surface area contributed by atoms with Crippen molar-refractivity contribution in [1.29, 1.82) is 0 Å². The molecule has 2 amide bonds. The van der Waals surface area contributed by atoms with E-state index in [2.05, 4.69) is 53.6 Å². The SMILES string of the molecule is CCC(C)NC(=O)Nc1ccc(N2CCC(CN(C)C)CC2)cc1. The van der Waals surface area contributed by atoms with Crippen LogP contribution in [0.25, 0.3) is 0 Å². The lowest BCUT2D eigenvalue weighted by atomic mass is 9.96. The van der Waals surface area contributed by atoms with E-state index in [1.54, 1.807) is 0 Å². The largest absolute Gasteiger partial charge is 0.372 e. The molecule has 1 unspecified atom stereocenters. The van der Waals surface area contributed by atoms with Crippen LogP contribution in [-0.2, 0) is 0 Å². The first-order valence-electron chi connectivity index (χ1n) is 9.05. The lowest BCUT2D eigenvalue weighted by Crippen LogP contribution is -2.37. The number of anilines is 2. The highest BCUT2D eigenvalue weighted by molar-refractivity contribution is 5.89. The number of carbonyl (C=O) groups is 1. The van der Waals surface area contributed by atoms with Crippen molar-refractivity contribution in [3.63, 3.8) is 0 Å². The van der Waals surface area contributed by atoms with Gasteiger partial charge in [-0.1, -0.05) is 6.92 Å². The molecule has 1 fully saturated rings. The Morgan fingerprint density at radius 1 is 1.25 bits per heavy atom. The van der Waals surface area contributed by atoms with E-state index in [-0.39, 0.29) is 12.1 Å². The Balaban J connectivity index is 1.83. The normalized spacial score (nSPS) is 17.0. The molecular formula is C19H32N4O. The lowest BCUT2D eigenvalue weighted by molar-refractivity contribution is 0.249. The second-order valence-corrected chi connectivity index (χ2v) is 7.15. The van der Waals surface area contributed by atoms with Gasteiger partial charge in [0.25, 0.3) is 0 Å². The Hall–Kier alpha value is -1.75. The van der Waals surface area contributed by atoms with Crippen molar-refractivity contribution in [1.82, 2.24) is 10.2 Å². The van der Waals surface area contributed by atoms with Gasteiger partial charge in [-0.05, 0) is 70.5 Å². The summed E-state index contributed by atoms with van der Waals surface area (Å²) in [6.07, 6.45) is 3.42. The van der Waals surface area contributed by atoms with Crippen LogP contribution in [-0.4, -0.2) is 50.7 Å². The number of nitrogens with zero attached hydrogens (tertiary/aromatic N) is 2. The standard InChI is InChI=1S/C19H32N4O/c1-5-15(2)20-19(24)21-17-6-8-18(9-7-17)23-12-10-16(11-13-23)14-22(3)4/h6-9,15-16H,5,10-14H2,1-4H3,(H2,20,21,24). The number of nitrogens with one attached hydrogen (secondary N) is 2. The summed E-state index contributed by atoms with van der Waals surface area (Å²) in [4.78, 5) is 16.6. The molecular weight excluding hydrogens is 300 g/mol.